The predicted molar refractivity (Wildman–Crippen MR) is 102 cm³/mol. The number of hydrogen-bond donors (Lipinski definition) is 3. The van der Waals surface area contributed by atoms with Gasteiger partial charge in [-0.3, -0.25) is 0 Å². The van der Waals surface area contributed by atoms with Crippen molar-refractivity contribution in [3.05, 3.63) is 59.0 Å². The summed E-state index contributed by atoms with van der Waals surface area (Å²) in [7, 11) is 1.55. The van der Waals surface area contributed by atoms with Crippen molar-refractivity contribution in [2.45, 2.75) is 38.7 Å². The average Bonchev–Trinajstić information content (AvgIpc) is 2.60. The van der Waals surface area contributed by atoms with Crippen LogP contribution >= 0.6 is 0 Å². The largest absolute Gasteiger partial charge is 0.505 e. The molecule has 0 radical (unpaired) electrons. The second-order valence-corrected chi connectivity index (χ2v) is 6.20. The summed E-state index contributed by atoms with van der Waals surface area (Å²) in [5.74, 6) is -1.02. The Balaban J connectivity index is 2.86. The van der Waals surface area contributed by atoms with Crippen LogP contribution < -0.4 is 0 Å². The van der Waals surface area contributed by atoms with E-state index in [0.29, 0.717) is 29.6 Å². The molecule has 0 aliphatic heterocycles. The molecule has 0 amide bonds. The third-order valence-electron chi connectivity index (χ3n) is 4.05. The number of halogens is 1. The SMILES string of the molecule is C=C(COC)/C(=C/CO)C(O)CC/C(=C/c1ccc(O)c(F)c1)CCC. The molecule has 5 heteroatoms. The van der Waals surface area contributed by atoms with Crippen LogP contribution in [0.25, 0.3) is 6.08 Å². The lowest BCUT2D eigenvalue weighted by Crippen LogP contribution is -2.15. The standard InChI is InChI=1S/C21H29FO4/c1-4-5-16(12-17-7-9-21(25)19(22)13-17)6-8-20(24)18(10-11-23)15(2)14-26-3/h7,9-10,12-13,20,23-25H,2,4-6,8,11,14H2,1,3H3/b16-12+,18-10-. The van der Waals surface area contributed by atoms with Gasteiger partial charge in [0.2, 0.25) is 0 Å². The topological polar surface area (TPSA) is 69.9 Å². The number of phenols is 1. The summed E-state index contributed by atoms with van der Waals surface area (Å²) in [6.45, 7) is 6.05. The van der Waals surface area contributed by atoms with E-state index in [9.17, 15) is 19.7 Å². The van der Waals surface area contributed by atoms with Crippen molar-refractivity contribution in [1.82, 2.24) is 0 Å². The second-order valence-electron chi connectivity index (χ2n) is 6.20. The number of aliphatic hydroxyl groups excluding tert-OH is 2. The summed E-state index contributed by atoms with van der Waals surface area (Å²) in [5, 5.41) is 28.9. The molecule has 0 heterocycles. The zero-order chi connectivity index (χ0) is 19.5. The lowest BCUT2D eigenvalue weighted by molar-refractivity contribution is 0.189. The van der Waals surface area contributed by atoms with E-state index in [1.165, 1.54) is 12.1 Å². The smallest absolute Gasteiger partial charge is 0.165 e. The van der Waals surface area contributed by atoms with E-state index in [-0.39, 0.29) is 19.0 Å². The molecule has 3 N–H and O–H groups in total. The summed E-state index contributed by atoms with van der Waals surface area (Å²) in [5.41, 5.74) is 2.97. The molecule has 0 saturated heterocycles. The quantitative estimate of drug-likeness (QED) is 0.520. The first-order valence-electron chi connectivity index (χ1n) is 8.76. The van der Waals surface area contributed by atoms with E-state index >= 15 is 0 Å². The minimum Gasteiger partial charge on any atom is -0.505 e. The highest BCUT2D eigenvalue weighted by Crippen LogP contribution is 2.24. The Kier molecular flexibility index (Phi) is 9.88. The van der Waals surface area contributed by atoms with Crippen molar-refractivity contribution >= 4 is 6.08 Å². The lowest BCUT2D eigenvalue weighted by Gasteiger charge is -2.18. The number of allylic oxidation sites excluding steroid dienone is 1. The summed E-state index contributed by atoms with van der Waals surface area (Å²) >= 11 is 0. The van der Waals surface area contributed by atoms with Gasteiger partial charge in [0, 0.05) is 7.11 Å². The highest BCUT2D eigenvalue weighted by Gasteiger charge is 2.14. The van der Waals surface area contributed by atoms with Gasteiger partial charge >= 0.3 is 0 Å². The van der Waals surface area contributed by atoms with Crippen LogP contribution in [0.3, 0.4) is 0 Å². The zero-order valence-corrected chi connectivity index (χ0v) is 15.5. The van der Waals surface area contributed by atoms with E-state index in [0.717, 1.165) is 18.4 Å². The Hall–Kier alpha value is -1.95. The van der Waals surface area contributed by atoms with Gasteiger partial charge < -0.3 is 20.1 Å². The number of aromatic hydroxyl groups is 1. The molecule has 0 aromatic heterocycles. The molecule has 0 fully saturated rings. The maximum atomic E-state index is 13.5. The van der Waals surface area contributed by atoms with Crippen LogP contribution in [0.4, 0.5) is 4.39 Å². The first-order valence-corrected chi connectivity index (χ1v) is 8.76. The van der Waals surface area contributed by atoms with Crippen LogP contribution in [-0.4, -0.2) is 41.7 Å². The van der Waals surface area contributed by atoms with Gasteiger partial charge in [0.15, 0.2) is 11.6 Å². The van der Waals surface area contributed by atoms with Gasteiger partial charge in [-0.15, -0.1) is 0 Å². The van der Waals surface area contributed by atoms with Crippen molar-refractivity contribution in [3.63, 3.8) is 0 Å². The number of phenolic OH excluding ortho intramolecular Hbond substituents is 1. The number of benzene rings is 1. The summed E-state index contributed by atoms with van der Waals surface area (Å²) < 4.78 is 18.6. The van der Waals surface area contributed by atoms with Crippen molar-refractivity contribution < 1.29 is 24.4 Å². The van der Waals surface area contributed by atoms with Crippen LogP contribution in [0.5, 0.6) is 5.75 Å². The number of aliphatic hydroxyl groups is 2. The molecule has 0 aliphatic carbocycles. The van der Waals surface area contributed by atoms with E-state index < -0.39 is 11.9 Å². The number of ether oxygens (including phenoxy) is 1. The van der Waals surface area contributed by atoms with E-state index in [1.54, 1.807) is 19.3 Å². The third-order valence-corrected chi connectivity index (χ3v) is 4.05. The van der Waals surface area contributed by atoms with Crippen molar-refractivity contribution in [2.24, 2.45) is 0 Å². The molecule has 1 aromatic rings. The van der Waals surface area contributed by atoms with Crippen molar-refractivity contribution in [1.29, 1.82) is 0 Å². The molecule has 1 rings (SSSR count). The molecule has 4 nitrogen and oxygen atoms in total. The molecule has 0 saturated carbocycles. The molecule has 0 bridgehead atoms. The van der Waals surface area contributed by atoms with Crippen molar-refractivity contribution in [2.75, 3.05) is 20.3 Å². The Morgan fingerprint density at radius 3 is 2.65 bits per heavy atom. The highest BCUT2D eigenvalue weighted by molar-refractivity contribution is 5.54. The molecule has 1 unspecified atom stereocenters. The number of hydrogen-bond acceptors (Lipinski definition) is 4. The maximum absolute atomic E-state index is 13.5. The van der Waals surface area contributed by atoms with Crippen LogP contribution in [0.1, 0.15) is 38.2 Å². The fraction of sp³-hybridized carbons (Fsp3) is 0.429. The zero-order valence-electron chi connectivity index (χ0n) is 15.5. The maximum Gasteiger partial charge on any atom is 0.165 e. The highest BCUT2D eigenvalue weighted by atomic mass is 19.1. The van der Waals surface area contributed by atoms with Crippen LogP contribution in [0.2, 0.25) is 0 Å². The first kappa shape index (κ1) is 22.1. The predicted octanol–water partition coefficient (Wildman–Crippen LogP) is 3.98. The normalized spacial score (nSPS) is 13.7. The Bertz CT molecular complexity index is 649. The molecule has 1 aromatic carbocycles. The van der Waals surface area contributed by atoms with Gasteiger partial charge in [-0.25, -0.2) is 4.39 Å². The van der Waals surface area contributed by atoms with Crippen molar-refractivity contribution in [3.8, 4) is 5.75 Å². The monoisotopic (exact) mass is 364 g/mol. The van der Waals surface area contributed by atoms with Crippen LogP contribution in [0, 0.1) is 5.82 Å². The van der Waals surface area contributed by atoms with Gasteiger partial charge in [-0.05, 0) is 48.1 Å². The van der Waals surface area contributed by atoms with Gasteiger partial charge in [0.1, 0.15) is 0 Å². The Morgan fingerprint density at radius 2 is 2.08 bits per heavy atom. The van der Waals surface area contributed by atoms with Crippen LogP contribution in [0.15, 0.2) is 47.6 Å². The van der Waals surface area contributed by atoms with E-state index in [1.807, 2.05) is 6.08 Å². The minimum absolute atomic E-state index is 0.181. The Morgan fingerprint density at radius 1 is 1.35 bits per heavy atom. The molecular weight excluding hydrogens is 335 g/mol. The fourth-order valence-corrected chi connectivity index (χ4v) is 2.79. The Labute approximate surface area is 154 Å². The summed E-state index contributed by atoms with van der Waals surface area (Å²) in [6.07, 6.45) is 5.51. The molecular formula is C21H29FO4. The summed E-state index contributed by atoms with van der Waals surface area (Å²) in [6, 6.07) is 4.28. The molecule has 0 spiro atoms. The molecule has 1 atom stereocenters. The van der Waals surface area contributed by atoms with Gasteiger partial charge in [-0.1, -0.05) is 43.7 Å². The number of rotatable bonds is 11. The second kappa shape index (κ2) is 11.6. The third kappa shape index (κ3) is 7.12. The van der Waals surface area contributed by atoms with Gasteiger partial charge in [0.05, 0.1) is 19.3 Å². The minimum atomic E-state index is -0.762. The van der Waals surface area contributed by atoms with Gasteiger partial charge in [-0.2, -0.15) is 0 Å². The fourth-order valence-electron chi connectivity index (χ4n) is 2.79. The average molecular weight is 364 g/mol. The van der Waals surface area contributed by atoms with E-state index in [2.05, 4.69) is 13.5 Å². The van der Waals surface area contributed by atoms with E-state index in [4.69, 9.17) is 4.74 Å². The summed E-state index contributed by atoms with van der Waals surface area (Å²) in [4.78, 5) is 0. The molecule has 26 heavy (non-hydrogen) atoms. The van der Waals surface area contributed by atoms with Crippen LogP contribution in [-0.2, 0) is 4.74 Å². The molecule has 144 valence electrons. The molecule has 0 aliphatic rings. The first-order chi connectivity index (χ1) is 12.4. The van der Waals surface area contributed by atoms with Gasteiger partial charge in [0.25, 0.3) is 0 Å². The lowest BCUT2D eigenvalue weighted by atomic mass is 9.94. The number of methoxy groups -OCH3 is 1.